The Morgan fingerprint density at radius 2 is 1.95 bits per heavy atom. The number of aromatic amines is 1. The molecule has 0 aliphatic heterocycles. The Kier molecular flexibility index (Phi) is 4.23. The molecule has 1 aromatic carbocycles. The Bertz CT molecular complexity index is 649. The van der Waals surface area contributed by atoms with Gasteiger partial charge in [-0.1, -0.05) is 30.3 Å². The number of ketones is 1. The predicted molar refractivity (Wildman–Crippen MR) is 79.1 cm³/mol. The lowest BCUT2D eigenvalue weighted by molar-refractivity contribution is 0.0845. The Morgan fingerprint density at radius 3 is 2.48 bits per heavy atom. The first-order valence-electron chi connectivity index (χ1n) is 6.64. The van der Waals surface area contributed by atoms with Crippen molar-refractivity contribution in [1.82, 2.24) is 10.3 Å². The number of amides is 1. The van der Waals surface area contributed by atoms with Crippen LogP contribution in [0.3, 0.4) is 0 Å². The average Bonchev–Trinajstić information content (AvgIpc) is 2.98. The highest BCUT2D eigenvalue weighted by Gasteiger charge is 2.28. The Morgan fingerprint density at radius 1 is 1.29 bits per heavy atom. The third-order valence-corrected chi connectivity index (χ3v) is 3.45. The first-order valence-corrected chi connectivity index (χ1v) is 6.64. The maximum Gasteiger partial charge on any atom is 0.268 e. The lowest BCUT2D eigenvalue weighted by atomic mass is 9.92. The summed E-state index contributed by atoms with van der Waals surface area (Å²) >= 11 is 0. The van der Waals surface area contributed by atoms with E-state index in [9.17, 15) is 14.7 Å². The van der Waals surface area contributed by atoms with Crippen molar-refractivity contribution in [1.29, 1.82) is 0 Å². The largest absolute Gasteiger partial charge is 0.394 e. The molecular formula is C16H18N2O3. The van der Waals surface area contributed by atoms with Crippen LogP contribution in [0.4, 0.5) is 0 Å². The molecule has 2 rings (SSSR count). The molecule has 110 valence electrons. The summed E-state index contributed by atoms with van der Waals surface area (Å²) < 4.78 is 0. The van der Waals surface area contributed by atoms with Gasteiger partial charge in [-0.25, -0.2) is 0 Å². The van der Waals surface area contributed by atoms with Gasteiger partial charge in [0.1, 0.15) is 5.69 Å². The van der Waals surface area contributed by atoms with Crippen LogP contribution in [0.15, 0.2) is 42.6 Å². The molecule has 0 saturated heterocycles. The number of hydrogen-bond donors (Lipinski definition) is 3. The molecule has 1 aromatic heterocycles. The van der Waals surface area contributed by atoms with E-state index in [1.54, 1.807) is 6.92 Å². The van der Waals surface area contributed by atoms with Crippen LogP contribution in [0.1, 0.15) is 40.3 Å². The summed E-state index contributed by atoms with van der Waals surface area (Å²) in [4.78, 5) is 26.3. The first-order chi connectivity index (χ1) is 9.96. The van der Waals surface area contributed by atoms with E-state index in [0.29, 0.717) is 5.56 Å². The van der Waals surface area contributed by atoms with Gasteiger partial charge in [0.25, 0.3) is 5.91 Å². The van der Waals surface area contributed by atoms with E-state index in [0.717, 1.165) is 5.56 Å². The number of rotatable bonds is 5. The van der Waals surface area contributed by atoms with Gasteiger partial charge in [0, 0.05) is 11.8 Å². The minimum Gasteiger partial charge on any atom is -0.394 e. The maximum atomic E-state index is 12.3. The van der Waals surface area contributed by atoms with E-state index in [1.807, 2.05) is 30.3 Å². The SMILES string of the molecule is CC(=O)c1c[nH]c(C(=O)NC(C)(CO)c2ccccc2)c1. The normalized spacial score (nSPS) is 13.5. The number of Topliss-reactive ketones (excluding diaryl/α,β-unsaturated/α-hetero) is 1. The second kappa shape index (κ2) is 5.93. The number of aliphatic hydroxyl groups excluding tert-OH is 1. The zero-order valence-electron chi connectivity index (χ0n) is 12.0. The highest BCUT2D eigenvalue weighted by molar-refractivity contribution is 5.99. The van der Waals surface area contributed by atoms with Crippen molar-refractivity contribution in [2.75, 3.05) is 6.61 Å². The van der Waals surface area contributed by atoms with E-state index in [4.69, 9.17) is 0 Å². The van der Waals surface area contributed by atoms with Gasteiger partial charge in [-0.15, -0.1) is 0 Å². The van der Waals surface area contributed by atoms with Crippen LogP contribution in [-0.2, 0) is 5.54 Å². The van der Waals surface area contributed by atoms with Gasteiger partial charge in [0.2, 0.25) is 0 Å². The summed E-state index contributed by atoms with van der Waals surface area (Å²) in [7, 11) is 0. The van der Waals surface area contributed by atoms with Crippen molar-refractivity contribution in [3.05, 3.63) is 59.4 Å². The summed E-state index contributed by atoms with van der Waals surface area (Å²) in [6.07, 6.45) is 1.50. The van der Waals surface area contributed by atoms with Crippen molar-refractivity contribution in [2.24, 2.45) is 0 Å². The van der Waals surface area contributed by atoms with Crippen molar-refractivity contribution >= 4 is 11.7 Å². The number of benzene rings is 1. The van der Waals surface area contributed by atoms with Gasteiger partial charge in [-0.2, -0.15) is 0 Å². The second-order valence-corrected chi connectivity index (χ2v) is 5.17. The Hall–Kier alpha value is -2.40. The smallest absolute Gasteiger partial charge is 0.268 e. The molecule has 0 saturated carbocycles. The molecule has 0 aliphatic carbocycles. The monoisotopic (exact) mass is 286 g/mol. The molecule has 3 N–H and O–H groups in total. The highest BCUT2D eigenvalue weighted by Crippen LogP contribution is 2.20. The third-order valence-electron chi connectivity index (χ3n) is 3.45. The molecule has 1 heterocycles. The van der Waals surface area contributed by atoms with Crippen molar-refractivity contribution in [3.8, 4) is 0 Å². The summed E-state index contributed by atoms with van der Waals surface area (Å²) in [5.74, 6) is -0.485. The summed E-state index contributed by atoms with van der Waals surface area (Å²) in [6, 6.07) is 10.7. The number of hydrogen-bond acceptors (Lipinski definition) is 3. The van der Waals surface area contributed by atoms with Crippen LogP contribution in [0.5, 0.6) is 0 Å². The van der Waals surface area contributed by atoms with Gasteiger partial charge in [-0.3, -0.25) is 9.59 Å². The van der Waals surface area contributed by atoms with E-state index >= 15 is 0 Å². The first kappa shape index (κ1) is 15.0. The number of carbonyl (C=O) groups excluding carboxylic acids is 2. The molecule has 0 fully saturated rings. The molecule has 1 unspecified atom stereocenters. The van der Waals surface area contributed by atoms with Crippen molar-refractivity contribution < 1.29 is 14.7 Å². The van der Waals surface area contributed by atoms with Gasteiger partial charge in [-0.05, 0) is 25.5 Å². The zero-order chi connectivity index (χ0) is 15.5. The van der Waals surface area contributed by atoms with Gasteiger partial charge in [0.05, 0.1) is 12.1 Å². The standard InChI is InChI=1S/C16H18N2O3/c1-11(20)12-8-14(17-9-12)15(21)18-16(2,10-19)13-6-4-3-5-7-13/h3-9,17,19H,10H2,1-2H3,(H,18,21). The lowest BCUT2D eigenvalue weighted by Crippen LogP contribution is -2.46. The second-order valence-electron chi connectivity index (χ2n) is 5.17. The van der Waals surface area contributed by atoms with Crippen LogP contribution in [-0.4, -0.2) is 28.4 Å². The predicted octanol–water partition coefficient (Wildman–Crippen LogP) is 1.85. The average molecular weight is 286 g/mol. The van der Waals surface area contributed by atoms with Gasteiger partial charge < -0.3 is 15.4 Å². The van der Waals surface area contributed by atoms with Gasteiger partial charge >= 0.3 is 0 Å². The molecule has 21 heavy (non-hydrogen) atoms. The molecule has 0 bridgehead atoms. The van der Waals surface area contributed by atoms with E-state index in [2.05, 4.69) is 10.3 Å². The quantitative estimate of drug-likeness (QED) is 0.734. The topological polar surface area (TPSA) is 82.2 Å². The molecule has 0 spiro atoms. The fourth-order valence-corrected chi connectivity index (χ4v) is 2.06. The van der Waals surface area contributed by atoms with Crippen molar-refractivity contribution in [3.63, 3.8) is 0 Å². The number of nitrogens with one attached hydrogen (secondary N) is 2. The number of H-pyrrole nitrogens is 1. The van der Waals surface area contributed by atoms with Crippen LogP contribution in [0.25, 0.3) is 0 Å². The fourth-order valence-electron chi connectivity index (χ4n) is 2.06. The van der Waals surface area contributed by atoms with Gasteiger partial charge in [0.15, 0.2) is 5.78 Å². The molecule has 5 nitrogen and oxygen atoms in total. The van der Waals surface area contributed by atoms with Crippen molar-refractivity contribution in [2.45, 2.75) is 19.4 Å². The molecule has 5 heteroatoms. The number of aromatic nitrogens is 1. The molecule has 0 aliphatic rings. The molecule has 2 aromatic rings. The van der Waals surface area contributed by atoms with Crippen LogP contribution < -0.4 is 5.32 Å². The summed E-state index contributed by atoms with van der Waals surface area (Å²) in [5.41, 5.74) is 0.653. The summed E-state index contributed by atoms with van der Waals surface area (Å²) in [5, 5.41) is 12.4. The number of aliphatic hydroxyl groups is 1. The van der Waals surface area contributed by atoms with E-state index < -0.39 is 5.54 Å². The Balaban J connectivity index is 2.21. The Labute approximate surface area is 123 Å². The summed E-state index contributed by atoms with van der Waals surface area (Å²) in [6.45, 7) is 2.95. The number of carbonyl (C=O) groups is 2. The molecule has 0 radical (unpaired) electrons. The fraction of sp³-hybridized carbons (Fsp3) is 0.250. The third kappa shape index (κ3) is 3.20. The van der Waals surface area contributed by atoms with E-state index in [1.165, 1.54) is 19.2 Å². The molecular weight excluding hydrogens is 268 g/mol. The minimum absolute atomic E-state index is 0.113. The lowest BCUT2D eigenvalue weighted by Gasteiger charge is -2.29. The maximum absolute atomic E-state index is 12.3. The minimum atomic E-state index is -0.889. The molecule has 1 atom stereocenters. The van der Waals surface area contributed by atoms with Crippen LogP contribution in [0, 0.1) is 0 Å². The highest BCUT2D eigenvalue weighted by atomic mass is 16.3. The van der Waals surface area contributed by atoms with Crippen LogP contribution in [0.2, 0.25) is 0 Å². The van der Waals surface area contributed by atoms with E-state index in [-0.39, 0.29) is 24.0 Å². The zero-order valence-corrected chi connectivity index (χ0v) is 12.0. The van der Waals surface area contributed by atoms with Crippen LogP contribution >= 0.6 is 0 Å². The molecule has 1 amide bonds.